The van der Waals surface area contributed by atoms with Crippen molar-refractivity contribution >= 4 is 27.5 Å². The van der Waals surface area contributed by atoms with Gasteiger partial charge in [-0.3, -0.25) is 4.79 Å². The van der Waals surface area contributed by atoms with Crippen molar-refractivity contribution < 1.29 is 4.79 Å². The number of halogens is 1. The van der Waals surface area contributed by atoms with Crippen molar-refractivity contribution in [3.8, 4) is 0 Å². The third-order valence-corrected chi connectivity index (χ3v) is 4.38. The zero-order chi connectivity index (χ0) is 13.7. The van der Waals surface area contributed by atoms with E-state index in [1.165, 1.54) is 0 Å². The first-order valence-electron chi connectivity index (χ1n) is 6.95. The number of nitrogens with two attached hydrogens (primary N) is 1. The number of hydrogen-bond donors (Lipinski definition) is 2. The van der Waals surface area contributed by atoms with Crippen LogP contribution in [0.4, 0.5) is 5.69 Å². The van der Waals surface area contributed by atoms with Gasteiger partial charge in [-0.25, -0.2) is 0 Å². The number of benzene rings is 1. The molecule has 0 aliphatic heterocycles. The van der Waals surface area contributed by atoms with Gasteiger partial charge in [0, 0.05) is 16.1 Å². The molecule has 0 atom stereocenters. The monoisotopic (exact) mass is 324 g/mol. The predicted molar refractivity (Wildman–Crippen MR) is 81.9 cm³/mol. The molecule has 0 spiro atoms. The van der Waals surface area contributed by atoms with Crippen LogP contribution in [0.15, 0.2) is 28.7 Å². The zero-order valence-electron chi connectivity index (χ0n) is 11.1. The van der Waals surface area contributed by atoms with Gasteiger partial charge in [0.2, 0.25) is 5.91 Å². The molecule has 2 rings (SSSR count). The third-order valence-electron chi connectivity index (χ3n) is 3.88. The molecule has 0 heterocycles. The van der Waals surface area contributed by atoms with Crippen LogP contribution in [0, 0.1) is 11.8 Å². The van der Waals surface area contributed by atoms with E-state index >= 15 is 0 Å². The van der Waals surface area contributed by atoms with Crippen LogP contribution < -0.4 is 11.1 Å². The van der Waals surface area contributed by atoms with Gasteiger partial charge in [-0.2, -0.15) is 0 Å². The molecule has 1 fully saturated rings. The van der Waals surface area contributed by atoms with E-state index in [0.29, 0.717) is 0 Å². The SMILES string of the molecule is NCCC1CCC(C(=O)Nc2cccc(Br)c2)CC1. The summed E-state index contributed by atoms with van der Waals surface area (Å²) >= 11 is 3.41. The minimum Gasteiger partial charge on any atom is -0.330 e. The number of carbonyl (C=O) groups excluding carboxylic acids is 1. The Morgan fingerprint density at radius 2 is 2.05 bits per heavy atom. The molecule has 19 heavy (non-hydrogen) atoms. The van der Waals surface area contributed by atoms with Crippen LogP contribution in [0.2, 0.25) is 0 Å². The summed E-state index contributed by atoms with van der Waals surface area (Å²) in [4.78, 5) is 12.2. The number of hydrogen-bond acceptors (Lipinski definition) is 2. The average molecular weight is 325 g/mol. The molecule has 0 radical (unpaired) electrons. The molecule has 0 unspecified atom stereocenters. The van der Waals surface area contributed by atoms with Crippen LogP contribution in [0.25, 0.3) is 0 Å². The van der Waals surface area contributed by atoms with Gasteiger partial charge < -0.3 is 11.1 Å². The summed E-state index contributed by atoms with van der Waals surface area (Å²) in [5.74, 6) is 1.04. The van der Waals surface area contributed by atoms with Crippen molar-refractivity contribution in [3.63, 3.8) is 0 Å². The molecule has 1 aliphatic rings. The van der Waals surface area contributed by atoms with Crippen molar-refractivity contribution in [2.45, 2.75) is 32.1 Å². The first kappa shape index (κ1) is 14.5. The predicted octanol–water partition coefficient (Wildman–Crippen LogP) is 3.54. The zero-order valence-corrected chi connectivity index (χ0v) is 12.7. The Kier molecular flexibility index (Phi) is 5.40. The van der Waals surface area contributed by atoms with Crippen LogP contribution in [0.5, 0.6) is 0 Å². The number of anilines is 1. The van der Waals surface area contributed by atoms with Gasteiger partial charge >= 0.3 is 0 Å². The van der Waals surface area contributed by atoms with E-state index in [1.54, 1.807) is 0 Å². The number of amides is 1. The van der Waals surface area contributed by atoms with Crippen LogP contribution >= 0.6 is 15.9 Å². The second kappa shape index (κ2) is 7.06. The Labute approximate surface area is 123 Å². The minimum atomic E-state index is 0.157. The Morgan fingerprint density at radius 1 is 1.32 bits per heavy atom. The van der Waals surface area contributed by atoms with Gasteiger partial charge in [-0.15, -0.1) is 0 Å². The van der Waals surface area contributed by atoms with Gasteiger partial charge in [-0.05, 0) is 62.8 Å². The number of rotatable bonds is 4. The Hall–Kier alpha value is -0.870. The largest absolute Gasteiger partial charge is 0.330 e. The lowest BCUT2D eigenvalue weighted by molar-refractivity contribution is -0.121. The lowest BCUT2D eigenvalue weighted by atomic mass is 9.80. The fourth-order valence-corrected chi connectivity index (χ4v) is 3.16. The number of nitrogens with one attached hydrogen (secondary N) is 1. The maximum atomic E-state index is 12.2. The molecule has 0 aromatic heterocycles. The number of carbonyl (C=O) groups is 1. The van der Waals surface area contributed by atoms with Gasteiger partial charge in [0.05, 0.1) is 0 Å². The summed E-state index contributed by atoms with van der Waals surface area (Å²) < 4.78 is 0.983. The molecule has 0 saturated heterocycles. The molecule has 0 bridgehead atoms. The van der Waals surface area contributed by atoms with Crippen LogP contribution in [-0.2, 0) is 4.79 Å². The summed E-state index contributed by atoms with van der Waals surface area (Å²) in [6.45, 7) is 0.763. The van der Waals surface area contributed by atoms with Gasteiger partial charge in [-0.1, -0.05) is 22.0 Å². The molecule has 1 amide bonds. The van der Waals surface area contributed by atoms with E-state index in [0.717, 1.165) is 54.7 Å². The molecule has 3 nitrogen and oxygen atoms in total. The molecule has 1 aliphatic carbocycles. The van der Waals surface area contributed by atoms with Crippen molar-refractivity contribution in [3.05, 3.63) is 28.7 Å². The summed E-state index contributed by atoms with van der Waals surface area (Å²) in [6, 6.07) is 7.73. The van der Waals surface area contributed by atoms with Crippen LogP contribution in [-0.4, -0.2) is 12.5 Å². The highest BCUT2D eigenvalue weighted by atomic mass is 79.9. The Bertz CT molecular complexity index is 428. The van der Waals surface area contributed by atoms with Crippen molar-refractivity contribution in [2.75, 3.05) is 11.9 Å². The molecule has 1 saturated carbocycles. The fourth-order valence-electron chi connectivity index (χ4n) is 2.76. The van der Waals surface area contributed by atoms with E-state index in [4.69, 9.17) is 5.73 Å². The maximum Gasteiger partial charge on any atom is 0.227 e. The molecule has 1 aromatic rings. The van der Waals surface area contributed by atoms with Crippen molar-refractivity contribution in [1.82, 2.24) is 0 Å². The molecule has 4 heteroatoms. The summed E-state index contributed by atoms with van der Waals surface area (Å²) in [7, 11) is 0. The Balaban J connectivity index is 1.84. The second-order valence-electron chi connectivity index (χ2n) is 5.29. The van der Waals surface area contributed by atoms with E-state index in [2.05, 4.69) is 21.2 Å². The molecule has 1 aromatic carbocycles. The summed E-state index contributed by atoms with van der Waals surface area (Å²) in [5.41, 5.74) is 6.45. The second-order valence-corrected chi connectivity index (χ2v) is 6.21. The lowest BCUT2D eigenvalue weighted by Gasteiger charge is -2.27. The highest BCUT2D eigenvalue weighted by Crippen LogP contribution is 2.31. The lowest BCUT2D eigenvalue weighted by Crippen LogP contribution is -2.27. The van der Waals surface area contributed by atoms with Crippen LogP contribution in [0.3, 0.4) is 0 Å². The third kappa shape index (κ3) is 4.32. The quantitative estimate of drug-likeness (QED) is 0.889. The van der Waals surface area contributed by atoms with E-state index in [-0.39, 0.29) is 11.8 Å². The van der Waals surface area contributed by atoms with Gasteiger partial charge in [0.1, 0.15) is 0 Å². The topological polar surface area (TPSA) is 55.1 Å². The van der Waals surface area contributed by atoms with E-state index in [9.17, 15) is 4.79 Å². The first-order valence-corrected chi connectivity index (χ1v) is 7.75. The fraction of sp³-hybridized carbons (Fsp3) is 0.533. The maximum absolute atomic E-state index is 12.2. The molecular formula is C15H21BrN2O. The van der Waals surface area contributed by atoms with Crippen molar-refractivity contribution in [2.24, 2.45) is 17.6 Å². The van der Waals surface area contributed by atoms with E-state index in [1.807, 2.05) is 24.3 Å². The van der Waals surface area contributed by atoms with Gasteiger partial charge in [0.15, 0.2) is 0 Å². The minimum absolute atomic E-state index is 0.157. The highest BCUT2D eigenvalue weighted by molar-refractivity contribution is 9.10. The van der Waals surface area contributed by atoms with Gasteiger partial charge in [0.25, 0.3) is 0 Å². The first-order chi connectivity index (χ1) is 9.19. The van der Waals surface area contributed by atoms with Crippen LogP contribution in [0.1, 0.15) is 32.1 Å². The smallest absolute Gasteiger partial charge is 0.227 e. The van der Waals surface area contributed by atoms with E-state index < -0.39 is 0 Å². The van der Waals surface area contributed by atoms with Crippen molar-refractivity contribution in [1.29, 1.82) is 0 Å². The highest BCUT2D eigenvalue weighted by Gasteiger charge is 2.25. The standard InChI is InChI=1S/C15H21BrN2O/c16-13-2-1-3-14(10-13)18-15(19)12-6-4-11(5-7-12)8-9-17/h1-3,10-12H,4-9,17H2,(H,18,19). The molecule has 104 valence electrons. The normalized spacial score (nSPS) is 23.1. The molecule has 3 N–H and O–H groups in total. The summed E-state index contributed by atoms with van der Waals surface area (Å²) in [5, 5.41) is 3.01. The molecular weight excluding hydrogens is 304 g/mol. The average Bonchev–Trinajstić information content (AvgIpc) is 2.40. The summed E-state index contributed by atoms with van der Waals surface area (Å²) in [6.07, 6.45) is 5.34. The Morgan fingerprint density at radius 3 is 2.68 bits per heavy atom.